The molecule has 142 valence electrons. The first-order chi connectivity index (χ1) is 13.2. The Bertz CT molecular complexity index is 828. The maximum Gasteiger partial charge on any atom is 0.246 e. The molecule has 0 radical (unpaired) electrons. The van der Waals surface area contributed by atoms with E-state index in [2.05, 4.69) is 25.6 Å². The first-order valence-electron chi connectivity index (χ1n) is 9.16. The number of morpholine rings is 1. The van der Waals surface area contributed by atoms with Crippen LogP contribution in [0.5, 0.6) is 0 Å². The smallest absolute Gasteiger partial charge is 0.246 e. The summed E-state index contributed by atoms with van der Waals surface area (Å²) < 4.78 is 7.35. The third-order valence-electron chi connectivity index (χ3n) is 5.16. The van der Waals surface area contributed by atoms with Gasteiger partial charge in [-0.1, -0.05) is 18.2 Å². The third kappa shape index (κ3) is 3.58. The number of nitrogens with zero attached hydrogens (tertiary/aromatic N) is 4. The Morgan fingerprint density at radius 1 is 1.30 bits per heavy atom. The first kappa shape index (κ1) is 17.7. The van der Waals surface area contributed by atoms with E-state index in [1.807, 2.05) is 48.1 Å². The Kier molecular flexibility index (Phi) is 4.91. The maximum atomic E-state index is 13.3. The predicted octanol–water partition coefficient (Wildman–Crippen LogP) is 1.57. The average Bonchev–Trinajstić information content (AvgIpc) is 3.12. The fourth-order valence-corrected chi connectivity index (χ4v) is 3.53. The van der Waals surface area contributed by atoms with Crippen molar-refractivity contribution >= 4 is 23.8 Å². The Hall–Kier alpha value is -2.71. The molecule has 1 amide bonds. The van der Waals surface area contributed by atoms with Gasteiger partial charge in [0.15, 0.2) is 0 Å². The number of ether oxygens (including phenoxy) is 1. The van der Waals surface area contributed by atoms with E-state index in [9.17, 15) is 4.79 Å². The van der Waals surface area contributed by atoms with Crippen LogP contribution in [-0.4, -0.2) is 58.8 Å². The number of hydrogen-bond donors (Lipinski definition) is 2. The van der Waals surface area contributed by atoms with E-state index in [0.29, 0.717) is 39.4 Å². The molecule has 8 heteroatoms. The fraction of sp³-hybridized carbons (Fsp3) is 0.421. The van der Waals surface area contributed by atoms with Crippen LogP contribution in [0.3, 0.4) is 0 Å². The van der Waals surface area contributed by atoms with Gasteiger partial charge in [0.25, 0.3) is 0 Å². The largest absolute Gasteiger partial charge is 0.379 e. The van der Waals surface area contributed by atoms with E-state index in [1.165, 1.54) is 0 Å². The summed E-state index contributed by atoms with van der Waals surface area (Å²) >= 11 is 0. The maximum absolute atomic E-state index is 13.3. The van der Waals surface area contributed by atoms with Gasteiger partial charge in [0.05, 0.1) is 38.8 Å². The molecule has 8 nitrogen and oxygen atoms in total. The Balaban J connectivity index is 1.62. The minimum Gasteiger partial charge on any atom is -0.379 e. The van der Waals surface area contributed by atoms with E-state index in [1.54, 1.807) is 6.34 Å². The molecule has 2 N–H and O–H groups in total. The van der Waals surface area contributed by atoms with Crippen molar-refractivity contribution in [3.63, 3.8) is 0 Å². The lowest BCUT2D eigenvalue weighted by molar-refractivity contribution is -0.131. The molecule has 4 rings (SSSR count). The minimum atomic E-state index is -0.768. The summed E-state index contributed by atoms with van der Waals surface area (Å²) in [5.41, 5.74) is 1.05. The van der Waals surface area contributed by atoms with Crippen molar-refractivity contribution in [2.75, 3.05) is 36.9 Å². The summed E-state index contributed by atoms with van der Waals surface area (Å²) in [6.07, 6.45) is 3.49. The highest BCUT2D eigenvalue weighted by atomic mass is 16.5. The van der Waals surface area contributed by atoms with Crippen molar-refractivity contribution in [2.24, 2.45) is 4.99 Å². The molecule has 1 unspecified atom stereocenters. The van der Waals surface area contributed by atoms with E-state index in [0.717, 1.165) is 17.1 Å². The number of fused-ring (bicyclic) bond motifs is 1. The van der Waals surface area contributed by atoms with Gasteiger partial charge in [-0.15, -0.1) is 0 Å². The van der Waals surface area contributed by atoms with Crippen LogP contribution >= 0.6 is 0 Å². The van der Waals surface area contributed by atoms with E-state index < -0.39 is 5.54 Å². The van der Waals surface area contributed by atoms with Crippen LogP contribution < -0.4 is 10.6 Å². The summed E-state index contributed by atoms with van der Waals surface area (Å²) in [4.78, 5) is 19.7. The number of carbonyl (C=O) groups is 1. The van der Waals surface area contributed by atoms with Crippen LogP contribution in [0.25, 0.3) is 0 Å². The van der Waals surface area contributed by atoms with Gasteiger partial charge < -0.3 is 15.4 Å². The second kappa shape index (κ2) is 7.50. The molecule has 0 spiro atoms. The standard InChI is InChI=1S/C19H24N6O2/c1-19(24-7-9-27-10-8-24,18(26)23-16-5-3-2-4-6-16)13-25-17-15(12-22-25)11-20-14-21-17/h2-6,12,14H,7-11,13H2,1H3,(H,20,21)(H,23,26). The van der Waals surface area contributed by atoms with Gasteiger partial charge in [-0.3, -0.25) is 14.7 Å². The monoisotopic (exact) mass is 368 g/mol. The minimum absolute atomic E-state index is 0.0515. The van der Waals surface area contributed by atoms with Gasteiger partial charge in [0.2, 0.25) is 5.91 Å². The van der Waals surface area contributed by atoms with Gasteiger partial charge in [-0.05, 0) is 19.1 Å². The van der Waals surface area contributed by atoms with Crippen LogP contribution in [0.4, 0.5) is 11.5 Å². The number of aliphatic imine (C=N–C) groups is 1. The first-order valence-corrected chi connectivity index (χ1v) is 9.16. The Morgan fingerprint density at radius 3 is 2.85 bits per heavy atom. The number of amides is 1. The van der Waals surface area contributed by atoms with Crippen LogP contribution in [0.1, 0.15) is 12.5 Å². The molecule has 2 aliphatic heterocycles. The molecule has 2 aromatic rings. The zero-order valence-electron chi connectivity index (χ0n) is 15.4. The second-order valence-corrected chi connectivity index (χ2v) is 6.98. The Morgan fingerprint density at radius 2 is 2.07 bits per heavy atom. The van der Waals surface area contributed by atoms with E-state index >= 15 is 0 Å². The van der Waals surface area contributed by atoms with Crippen LogP contribution in [0.15, 0.2) is 41.5 Å². The zero-order valence-corrected chi connectivity index (χ0v) is 15.4. The fourth-order valence-electron chi connectivity index (χ4n) is 3.53. The number of hydrogen-bond acceptors (Lipinski definition) is 6. The Labute approximate surface area is 158 Å². The van der Waals surface area contributed by atoms with Crippen molar-refractivity contribution in [3.05, 3.63) is 42.1 Å². The van der Waals surface area contributed by atoms with Crippen molar-refractivity contribution in [1.82, 2.24) is 14.7 Å². The topological polar surface area (TPSA) is 83.8 Å². The molecular formula is C19H24N6O2. The number of carbonyl (C=O) groups excluding carboxylic acids is 1. The van der Waals surface area contributed by atoms with Gasteiger partial charge in [-0.2, -0.15) is 5.10 Å². The molecule has 1 atom stereocenters. The van der Waals surface area contributed by atoms with Crippen LogP contribution in [0, 0.1) is 0 Å². The van der Waals surface area contributed by atoms with Crippen LogP contribution in [0.2, 0.25) is 0 Å². The molecule has 1 aromatic heterocycles. The van der Waals surface area contributed by atoms with E-state index in [-0.39, 0.29) is 5.91 Å². The lowest BCUT2D eigenvalue weighted by atomic mass is 9.97. The average molecular weight is 368 g/mol. The third-order valence-corrected chi connectivity index (χ3v) is 5.16. The summed E-state index contributed by atoms with van der Waals surface area (Å²) in [5, 5.41) is 10.7. The summed E-state index contributed by atoms with van der Waals surface area (Å²) in [5.74, 6) is 0.848. The molecule has 1 aromatic carbocycles. The molecule has 3 heterocycles. The van der Waals surface area contributed by atoms with Crippen molar-refractivity contribution in [2.45, 2.75) is 25.6 Å². The summed E-state index contributed by atoms with van der Waals surface area (Å²) in [6.45, 7) is 5.66. The number of para-hydroxylation sites is 1. The lowest BCUT2D eigenvalue weighted by Crippen LogP contribution is -2.60. The second-order valence-electron chi connectivity index (χ2n) is 6.98. The quantitative estimate of drug-likeness (QED) is 0.837. The van der Waals surface area contributed by atoms with Crippen molar-refractivity contribution in [1.29, 1.82) is 0 Å². The zero-order chi connectivity index (χ0) is 18.7. The lowest BCUT2D eigenvalue weighted by Gasteiger charge is -2.42. The van der Waals surface area contributed by atoms with Gasteiger partial charge >= 0.3 is 0 Å². The van der Waals surface area contributed by atoms with Crippen LogP contribution in [-0.2, 0) is 22.6 Å². The molecule has 2 aliphatic rings. The number of rotatable bonds is 5. The summed E-state index contributed by atoms with van der Waals surface area (Å²) in [7, 11) is 0. The molecule has 0 bridgehead atoms. The molecule has 0 aliphatic carbocycles. The number of nitrogens with one attached hydrogen (secondary N) is 2. The van der Waals surface area contributed by atoms with Gasteiger partial charge in [-0.25, -0.2) is 4.68 Å². The van der Waals surface area contributed by atoms with Gasteiger partial charge in [0.1, 0.15) is 11.4 Å². The molecule has 27 heavy (non-hydrogen) atoms. The molecule has 1 saturated heterocycles. The van der Waals surface area contributed by atoms with Crippen molar-refractivity contribution in [3.8, 4) is 0 Å². The number of anilines is 2. The number of benzene rings is 1. The predicted molar refractivity (Wildman–Crippen MR) is 104 cm³/mol. The molecular weight excluding hydrogens is 344 g/mol. The SMILES string of the molecule is CC(Cn1ncc2c1NC=NC2)(C(=O)Nc1ccccc1)N1CCOCC1. The molecule has 0 saturated carbocycles. The van der Waals surface area contributed by atoms with E-state index in [4.69, 9.17) is 4.74 Å². The highest BCUT2D eigenvalue weighted by Crippen LogP contribution is 2.26. The van der Waals surface area contributed by atoms with Gasteiger partial charge in [0, 0.05) is 24.3 Å². The summed E-state index contributed by atoms with van der Waals surface area (Å²) in [6, 6.07) is 9.54. The highest BCUT2D eigenvalue weighted by molar-refractivity contribution is 5.97. The van der Waals surface area contributed by atoms with Crippen molar-refractivity contribution < 1.29 is 9.53 Å². The highest BCUT2D eigenvalue weighted by Gasteiger charge is 2.41. The molecule has 1 fully saturated rings. The number of aromatic nitrogens is 2. The normalized spacial score (nSPS) is 19.0.